The fraction of sp³-hybridized carbons (Fsp3) is 0.500. The molecule has 1 aromatic carbocycles. The topological polar surface area (TPSA) is 181 Å². The Balaban J connectivity index is 0.679. The Labute approximate surface area is 386 Å². The highest BCUT2D eigenvalue weighted by molar-refractivity contribution is 6.24. The lowest BCUT2D eigenvalue weighted by Crippen LogP contribution is -2.54. The highest BCUT2D eigenvalue weighted by Crippen LogP contribution is 2.30. The van der Waals surface area contributed by atoms with Gasteiger partial charge in [0, 0.05) is 102 Å². The summed E-state index contributed by atoms with van der Waals surface area (Å²) in [6.45, 7) is 9.10. The van der Waals surface area contributed by atoms with Crippen molar-refractivity contribution in [2.75, 3.05) is 70.3 Å². The Bertz CT molecular complexity index is 2320. The largest absolute Gasteiger partial charge is 0.355 e. The summed E-state index contributed by atoms with van der Waals surface area (Å²) in [6, 6.07) is 12.1. The first-order valence-electron chi connectivity index (χ1n) is 23.8. The molecule has 6 amide bonds. The van der Waals surface area contributed by atoms with Crippen LogP contribution < -0.4 is 15.5 Å². The van der Waals surface area contributed by atoms with E-state index in [1.807, 2.05) is 29.2 Å². The van der Waals surface area contributed by atoms with Gasteiger partial charge in [-0.25, -0.2) is 0 Å². The van der Waals surface area contributed by atoms with Gasteiger partial charge in [-0.05, 0) is 106 Å². The SMILES string of the molecule is O=C(/C=C/c1cccnc1)NCCCCC1CCN(C(=O)c2ccc(N3CCC(N4CCN(CCCCC#Cc5cccc6c5C(=O)N(C5CCC(=O)NC5=O)C6=O)CC4)CC3)nn2)CC1. The predicted octanol–water partition coefficient (Wildman–Crippen LogP) is 3.93. The van der Waals surface area contributed by atoms with E-state index in [4.69, 9.17) is 0 Å². The van der Waals surface area contributed by atoms with Crippen LogP contribution >= 0.6 is 0 Å². The van der Waals surface area contributed by atoms with Crippen molar-refractivity contribution in [3.63, 3.8) is 0 Å². The maximum Gasteiger partial charge on any atom is 0.274 e. The van der Waals surface area contributed by atoms with E-state index in [1.54, 1.807) is 42.7 Å². The van der Waals surface area contributed by atoms with E-state index in [9.17, 15) is 28.8 Å². The number of carbonyl (C=O) groups excluding carboxylic acids is 6. The highest BCUT2D eigenvalue weighted by Gasteiger charge is 2.45. The minimum Gasteiger partial charge on any atom is -0.355 e. The second kappa shape index (κ2) is 22.3. The number of hydrogen-bond acceptors (Lipinski definition) is 12. The normalized spacial score (nSPS) is 20.1. The molecule has 66 heavy (non-hydrogen) atoms. The number of pyridine rings is 1. The summed E-state index contributed by atoms with van der Waals surface area (Å²) in [5.41, 5.74) is 2.26. The smallest absolute Gasteiger partial charge is 0.274 e. The molecular weight excluding hydrogens is 837 g/mol. The number of likely N-dealkylation sites (tertiary alicyclic amines) is 1. The molecule has 1 atom stereocenters. The Kier molecular flexibility index (Phi) is 15.6. The van der Waals surface area contributed by atoms with E-state index < -0.39 is 29.7 Å². The second-order valence-corrected chi connectivity index (χ2v) is 17.9. The summed E-state index contributed by atoms with van der Waals surface area (Å²) in [6.07, 6.45) is 16.7. The molecular formula is C50H60N10O6. The minimum absolute atomic E-state index is 0.0480. The number of carbonyl (C=O) groups is 6. The van der Waals surface area contributed by atoms with Gasteiger partial charge in [0.2, 0.25) is 17.7 Å². The first-order chi connectivity index (χ1) is 32.2. The van der Waals surface area contributed by atoms with Crippen LogP contribution in [0, 0.1) is 17.8 Å². The van der Waals surface area contributed by atoms with Crippen LogP contribution in [0.3, 0.4) is 0 Å². The standard InChI is InChI=1S/C50H60N10O6/c61-44(18-14-37-10-8-24-51-35-37)52-25-5-4-9-36-20-27-59(28-21-36)49(65)41-15-17-43(55-54-41)58-29-22-39(23-30-58)57-33-31-56(32-34-57)26-6-2-1-3-11-38-12-7-13-40-46(38)50(66)60(48(40)64)42-16-19-45(62)53-47(42)63/h7-8,10,12-15,17-18,24,35-36,39,42H,1-2,4-6,9,16,19-23,25-34H2,(H,52,61)(H,53,62,63)/b18-14+. The average Bonchev–Trinajstić information content (AvgIpc) is 3.61. The quantitative estimate of drug-likeness (QED) is 0.0973. The molecule has 3 aromatic rings. The number of piperidine rings is 3. The van der Waals surface area contributed by atoms with Crippen molar-refractivity contribution in [1.82, 2.24) is 45.4 Å². The highest BCUT2D eigenvalue weighted by atomic mass is 16.2. The van der Waals surface area contributed by atoms with E-state index in [-0.39, 0.29) is 35.8 Å². The van der Waals surface area contributed by atoms with E-state index in [0.717, 1.165) is 133 Å². The number of fused-ring (bicyclic) bond motifs is 1. The van der Waals surface area contributed by atoms with Crippen molar-refractivity contribution in [2.24, 2.45) is 5.92 Å². The van der Waals surface area contributed by atoms with Crippen molar-refractivity contribution >= 4 is 47.3 Å². The Morgan fingerprint density at radius 3 is 2.38 bits per heavy atom. The Morgan fingerprint density at radius 2 is 1.64 bits per heavy atom. The van der Waals surface area contributed by atoms with Crippen LogP contribution in [0.2, 0.25) is 0 Å². The summed E-state index contributed by atoms with van der Waals surface area (Å²) >= 11 is 0. The molecule has 0 aliphatic carbocycles. The summed E-state index contributed by atoms with van der Waals surface area (Å²) in [5, 5.41) is 14.1. The second-order valence-electron chi connectivity index (χ2n) is 17.9. The van der Waals surface area contributed by atoms with Gasteiger partial charge in [0.1, 0.15) is 6.04 Å². The van der Waals surface area contributed by atoms with Crippen molar-refractivity contribution in [3.05, 3.63) is 88.9 Å². The molecule has 0 radical (unpaired) electrons. The lowest BCUT2D eigenvalue weighted by molar-refractivity contribution is -0.136. The number of amides is 6. The minimum atomic E-state index is -0.998. The number of benzene rings is 1. The van der Waals surface area contributed by atoms with Crippen molar-refractivity contribution in [1.29, 1.82) is 0 Å². The van der Waals surface area contributed by atoms with E-state index in [0.29, 0.717) is 36.2 Å². The molecule has 5 aliphatic heterocycles. The molecule has 7 heterocycles. The van der Waals surface area contributed by atoms with E-state index >= 15 is 0 Å². The van der Waals surface area contributed by atoms with Gasteiger partial charge in [-0.15, -0.1) is 10.2 Å². The van der Waals surface area contributed by atoms with E-state index in [1.165, 1.54) is 0 Å². The molecule has 0 bridgehead atoms. The van der Waals surface area contributed by atoms with Gasteiger partial charge in [0.15, 0.2) is 11.5 Å². The van der Waals surface area contributed by atoms with Gasteiger partial charge in [0.25, 0.3) is 17.7 Å². The van der Waals surface area contributed by atoms with Crippen LogP contribution in [0.15, 0.2) is 60.9 Å². The van der Waals surface area contributed by atoms with Crippen LogP contribution in [0.4, 0.5) is 5.82 Å². The summed E-state index contributed by atoms with van der Waals surface area (Å²) < 4.78 is 0. The maximum atomic E-state index is 13.3. The molecule has 4 saturated heterocycles. The zero-order chi connectivity index (χ0) is 45.8. The zero-order valence-corrected chi connectivity index (χ0v) is 37.7. The zero-order valence-electron chi connectivity index (χ0n) is 37.7. The predicted molar refractivity (Wildman–Crippen MR) is 248 cm³/mol. The molecule has 346 valence electrons. The third-order valence-electron chi connectivity index (χ3n) is 13.7. The van der Waals surface area contributed by atoms with Gasteiger partial charge in [-0.1, -0.05) is 36.8 Å². The van der Waals surface area contributed by atoms with Crippen LogP contribution in [0.1, 0.15) is 119 Å². The van der Waals surface area contributed by atoms with Gasteiger partial charge < -0.3 is 20.0 Å². The molecule has 16 nitrogen and oxygen atoms in total. The first-order valence-corrected chi connectivity index (χ1v) is 23.8. The Morgan fingerprint density at radius 1 is 0.818 bits per heavy atom. The molecule has 2 N–H and O–H groups in total. The van der Waals surface area contributed by atoms with Gasteiger partial charge in [0.05, 0.1) is 11.1 Å². The number of rotatable bonds is 15. The fourth-order valence-electron chi connectivity index (χ4n) is 9.81. The lowest BCUT2D eigenvalue weighted by atomic mass is 9.91. The van der Waals surface area contributed by atoms with Gasteiger partial charge >= 0.3 is 0 Å². The number of hydrogen-bond donors (Lipinski definition) is 2. The molecule has 1 unspecified atom stereocenters. The molecule has 16 heteroatoms. The molecule has 2 aromatic heterocycles. The number of nitrogens with zero attached hydrogens (tertiary/aromatic N) is 8. The third kappa shape index (κ3) is 11.6. The molecule has 0 spiro atoms. The van der Waals surface area contributed by atoms with Crippen molar-refractivity contribution in [2.45, 2.75) is 89.1 Å². The third-order valence-corrected chi connectivity index (χ3v) is 13.7. The van der Waals surface area contributed by atoms with Gasteiger partial charge in [-0.3, -0.25) is 48.9 Å². The van der Waals surface area contributed by atoms with Crippen LogP contribution in [-0.4, -0.2) is 148 Å². The lowest BCUT2D eigenvalue weighted by Gasteiger charge is -2.43. The van der Waals surface area contributed by atoms with Crippen molar-refractivity contribution < 1.29 is 28.8 Å². The monoisotopic (exact) mass is 896 g/mol. The summed E-state index contributed by atoms with van der Waals surface area (Å²) in [7, 11) is 0. The number of unbranched alkanes of at least 4 members (excludes halogenated alkanes) is 3. The molecule has 4 fully saturated rings. The molecule has 0 saturated carbocycles. The number of imide groups is 2. The fourth-order valence-corrected chi connectivity index (χ4v) is 9.81. The number of nitrogens with one attached hydrogen (secondary N) is 2. The van der Waals surface area contributed by atoms with Crippen LogP contribution in [0.5, 0.6) is 0 Å². The van der Waals surface area contributed by atoms with Crippen molar-refractivity contribution in [3.8, 4) is 11.8 Å². The Hall–Kier alpha value is -6.31. The van der Waals surface area contributed by atoms with Crippen LogP contribution in [0.25, 0.3) is 6.08 Å². The number of anilines is 1. The maximum absolute atomic E-state index is 13.3. The first kappa shape index (κ1) is 46.2. The summed E-state index contributed by atoms with van der Waals surface area (Å²) in [5.74, 6) is 5.48. The number of aromatic nitrogens is 3. The molecule has 8 rings (SSSR count). The summed E-state index contributed by atoms with van der Waals surface area (Å²) in [4.78, 5) is 90.3. The van der Waals surface area contributed by atoms with Gasteiger partial charge in [-0.2, -0.15) is 0 Å². The molecule has 5 aliphatic rings. The average molecular weight is 897 g/mol. The number of piperazine rings is 1. The van der Waals surface area contributed by atoms with Crippen LogP contribution in [-0.2, 0) is 14.4 Å². The van der Waals surface area contributed by atoms with E-state index in [2.05, 4.69) is 52.4 Å².